The summed E-state index contributed by atoms with van der Waals surface area (Å²) >= 11 is 1.15. The Kier molecular flexibility index (Phi) is 3.61. The third-order valence-electron chi connectivity index (χ3n) is 3.75. The molecule has 1 aromatic carbocycles. The Morgan fingerprint density at radius 3 is 2.83 bits per heavy atom. The van der Waals surface area contributed by atoms with Crippen LogP contribution in [0.4, 0.5) is 0 Å². The van der Waals surface area contributed by atoms with Gasteiger partial charge in [0.1, 0.15) is 27.3 Å². The maximum Gasteiger partial charge on any atom is 0.347 e. The Morgan fingerprint density at radius 2 is 2.26 bits per heavy atom. The molecule has 0 fully saturated rings. The van der Waals surface area contributed by atoms with Crippen LogP contribution in [0.15, 0.2) is 12.1 Å². The van der Waals surface area contributed by atoms with E-state index in [1.165, 1.54) is 0 Å². The molecule has 1 aliphatic rings. The number of benzene rings is 1. The summed E-state index contributed by atoms with van der Waals surface area (Å²) in [4.78, 5) is 16.0. The second-order valence-corrected chi connectivity index (χ2v) is 7.12. The summed E-state index contributed by atoms with van der Waals surface area (Å²) in [5, 5.41) is 19.3. The van der Waals surface area contributed by atoms with Crippen LogP contribution in [0.25, 0.3) is 10.6 Å². The lowest BCUT2D eigenvalue weighted by Crippen LogP contribution is -2.24. The molecule has 1 aromatic heterocycles. The summed E-state index contributed by atoms with van der Waals surface area (Å²) in [6.07, 6.45) is 1.27. The smallest absolute Gasteiger partial charge is 0.347 e. The van der Waals surface area contributed by atoms with E-state index in [4.69, 9.17) is 4.74 Å². The minimum atomic E-state index is -0.961. The Hall–Kier alpha value is -2.39. The van der Waals surface area contributed by atoms with Crippen molar-refractivity contribution >= 4 is 17.3 Å². The van der Waals surface area contributed by atoms with E-state index in [1.807, 2.05) is 26.8 Å². The van der Waals surface area contributed by atoms with Crippen LogP contribution in [-0.4, -0.2) is 21.7 Å². The van der Waals surface area contributed by atoms with Gasteiger partial charge in [0.05, 0.1) is 11.3 Å². The second kappa shape index (κ2) is 5.36. The molecule has 2 aromatic rings. The van der Waals surface area contributed by atoms with Crippen LogP contribution in [-0.2, 0) is 12.8 Å². The molecular formula is C17H16N2O3S. The molecular weight excluding hydrogens is 312 g/mol. The van der Waals surface area contributed by atoms with Crippen molar-refractivity contribution in [3.05, 3.63) is 33.8 Å². The van der Waals surface area contributed by atoms with Gasteiger partial charge in [-0.05, 0) is 32.4 Å². The maximum atomic E-state index is 11.3. The minimum absolute atomic E-state index is 0.262. The van der Waals surface area contributed by atoms with Crippen molar-refractivity contribution in [2.75, 3.05) is 0 Å². The topological polar surface area (TPSA) is 83.2 Å². The molecule has 1 N–H and O–H groups in total. The number of thiazole rings is 1. The maximum absolute atomic E-state index is 11.3. The molecule has 3 rings (SSSR count). The molecule has 0 atom stereocenters. The first-order chi connectivity index (χ1) is 10.8. The molecule has 6 heteroatoms. The van der Waals surface area contributed by atoms with Gasteiger partial charge in [0.2, 0.25) is 0 Å². The van der Waals surface area contributed by atoms with Gasteiger partial charge in [-0.1, -0.05) is 6.92 Å². The monoisotopic (exact) mass is 328 g/mol. The van der Waals surface area contributed by atoms with E-state index in [1.54, 1.807) is 6.07 Å². The van der Waals surface area contributed by atoms with Crippen LogP contribution in [0.5, 0.6) is 5.75 Å². The van der Waals surface area contributed by atoms with Crippen molar-refractivity contribution in [2.24, 2.45) is 0 Å². The molecule has 0 spiro atoms. The fourth-order valence-electron chi connectivity index (χ4n) is 2.80. The zero-order chi connectivity index (χ0) is 16.8. The molecule has 0 saturated heterocycles. The summed E-state index contributed by atoms with van der Waals surface area (Å²) in [6.45, 7) is 5.84. The van der Waals surface area contributed by atoms with Gasteiger partial charge in [0.25, 0.3) is 0 Å². The number of aromatic carboxylic acids is 1. The minimum Gasteiger partial charge on any atom is -0.486 e. The molecule has 0 bridgehead atoms. The van der Waals surface area contributed by atoms with Gasteiger partial charge in [-0.25, -0.2) is 9.78 Å². The molecule has 0 saturated carbocycles. The van der Waals surface area contributed by atoms with Crippen molar-refractivity contribution in [3.63, 3.8) is 0 Å². The Morgan fingerprint density at radius 1 is 1.52 bits per heavy atom. The normalized spacial score (nSPS) is 14.9. The summed E-state index contributed by atoms with van der Waals surface area (Å²) in [7, 11) is 0. The molecule has 0 unspecified atom stereocenters. The standard InChI is InChI=1S/C17H16N2O3S/c1-4-12-14(16(20)21)23-15(19-12)9-5-10-7-17(2,3)22-13(10)11(6-9)8-18/h5-6H,4,7H2,1-3H3,(H,20,21). The lowest BCUT2D eigenvalue weighted by molar-refractivity contribution is 0.0700. The predicted octanol–water partition coefficient (Wildman–Crippen LogP) is 3.66. The molecule has 118 valence electrons. The number of carbonyl (C=O) groups is 1. The average Bonchev–Trinajstić information content (AvgIpc) is 3.05. The molecule has 1 aliphatic heterocycles. The van der Waals surface area contributed by atoms with Crippen molar-refractivity contribution in [1.82, 2.24) is 4.98 Å². The predicted molar refractivity (Wildman–Crippen MR) is 87.0 cm³/mol. The zero-order valence-electron chi connectivity index (χ0n) is 13.1. The number of fused-ring (bicyclic) bond motifs is 1. The highest BCUT2D eigenvalue weighted by Gasteiger charge is 2.33. The number of ether oxygens (including phenoxy) is 1. The van der Waals surface area contributed by atoms with E-state index in [2.05, 4.69) is 11.1 Å². The number of nitrogens with zero attached hydrogens (tertiary/aromatic N) is 2. The molecule has 5 nitrogen and oxygen atoms in total. The quantitative estimate of drug-likeness (QED) is 0.929. The van der Waals surface area contributed by atoms with Crippen molar-refractivity contribution in [2.45, 2.75) is 39.2 Å². The van der Waals surface area contributed by atoms with Crippen LogP contribution >= 0.6 is 11.3 Å². The summed E-state index contributed by atoms with van der Waals surface area (Å²) < 4.78 is 5.86. The Balaban J connectivity index is 2.13. The van der Waals surface area contributed by atoms with E-state index in [9.17, 15) is 15.2 Å². The highest BCUT2D eigenvalue weighted by Crippen LogP contribution is 2.41. The summed E-state index contributed by atoms with van der Waals surface area (Å²) in [5.41, 5.74) is 2.44. The van der Waals surface area contributed by atoms with E-state index < -0.39 is 5.97 Å². The van der Waals surface area contributed by atoms with Crippen LogP contribution in [0.1, 0.15) is 47.3 Å². The van der Waals surface area contributed by atoms with Crippen LogP contribution in [0.3, 0.4) is 0 Å². The number of aromatic nitrogens is 1. The number of carboxylic acid groups (broad SMARTS) is 1. The van der Waals surface area contributed by atoms with Crippen molar-refractivity contribution < 1.29 is 14.6 Å². The number of rotatable bonds is 3. The average molecular weight is 328 g/mol. The number of carboxylic acids is 1. The zero-order valence-corrected chi connectivity index (χ0v) is 14.0. The van der Waals surface area contributed by atoms with Crippen molar-refractivity contribution in [3.8, 4) is 22.4 Å². The third kappa shape index (κ3) is 2.68. The fourth-order valence-corrected chi connectivity index (χ4v) is 3.78. The van der Waals surface area contributed by atoms with Gasteiger partial charge in [-0.2, -0.15) is 5.26 Å². The summed E-state index contributed by atoms with van der Waals surface area (Å²) in [6, 6.07) is 5.85. The van der Waals surface area contributed by atoms with Crippen LogP contribution in [0, 0.1) is 11.3 Å². The largest absolute Gasteiger partial charge is 0.486 e. The molecule has 0 radical (unpaired) electrons. The van der Waals surface area contributed by atoms with Crippen molar-refractivity contribution in [1.29, 1.82) is 5.26 Å². The SMILES string of the molecule is CCc1nc(-c2cc(C#N)c3c(c2)CC(C)(C)O3)sc1C(=O)O. The highest BCUT2D eigenvalue weighted by atomic mass is 32.1. The highest BCUT2D eigenvalue weighted by molar-refractivity contribution is 7.17. The number of aryl methyl sites for hydroxylation is 1. The Bertz CT molecular complexity index is 846. The lowest BCUT2D eigenvalue weighted by Gasteiger charge is -2.17. The van der Waals surface area contributed by atoms with Crippen LogP contribution < -0.4 is 4.74 Å². The molecule has 0 aliphatic carbocycles. The lowest BCUT2D eigenvalue weighted by atomic mass is 9.98. The first kappa shape index (κ1) is 15.5. The van der Waals surface area contributed by atoms with E-state index in [-0.39, 0.29) is 10.5 Å². The molecule has 0 amide bonds. The van der Waals surface area contributed by atoms with Gasteiger partial charge >= 0.3 is 5.97 Å². The number of nitriles is 1. The third-order valence-corrected chi connectivity index (χ3v) is 4.89. The first-order valence-corrected chi connectivity index (χ1v) is 8.15. The van der Waals surface area contributed by atoms with Gasteiger partial charge in [0, 0.05) is 17.5 Å². The van der Waals surface area contributed by atoms with Gasteiger partial charge in [0.15, 0.2) is 0 Å². The van der Waals surface area contributed by atoms with E-state index in [0.717, 1.165) is 22.5 Å². The van der Waals surface area contributed by atoms with Crippen LogP contribution in [0.2, 0.25) is 0 Å². The van der Waals surface area contributed by atoms with Gasteiger partial charge in [-0.3, -0.25) is 0 Å². The summed E-state index contributed by atoms with van der Waals surface area (Å²) in [5.74, 6) is -0.330. The Labute approximate surface area is 138 Å². The first-order valence-electron chi connectivity index (χ1n) is 7.34. The van der Waals surface area contributed by atoms with E-state index in [0.29, 0.717) is 34.9 Å². The van der Waals surface area contributed by atoms with Gasteiger partial charge in [-0.15, -0.1) is 11.3 Å². The van der Waals surface area contributed by atoms with Gasteiger partial charge < -0.3 is 9.84 Å². The number of hydrogen-bond acceptors (Lipinski definition) is 5. The molecule has 23 heavy (non-hydrogen) atoms. The van der Waals surface area contributed by atoms with E-state index >= 15 is 0 Å². The second-order valence-electron chi connectivity index (χ2n) is 6.12. The number of hydrogen-bond donors (Lipinski definition) is 1. The molecule has 2 heterocycles. The fraction of sp³-hybridized carbons (Fsp3) is 0.353.